The minimum atomic E-state index is -4.79. The molecule has 31 heavy (non-hydrogen) atoms. The fraction of sp³-hybridized carbons (Fsp3) is 0.200. The van der Waals surface area contributed by atoms with E-state index in [-0.39, 0.29) is 36.5 Å². The Morgan fingerprint density at radius 1 is 1.10 bits per heavy atom. The summed E-state index contributed by atoms with van der Waals surface area (Å²) >= 11 is 0. The van der Waals surface area contributed by atoms with Gasteiger partial charge in [-0.1, -0.05) is 23.3 Å². The molecule has 3 aromatic rings. The Labute approximate surface area is 173 Å². The Morgan fingerprint density at radius 2 is 1.81 bits per heavy atom. The maximum Gasteiger partial charge on any atom is 0.573 e. The van der Waals surface area contributed by atoms with Crippen molar-refractivity contribution in [3.63, 3.8) is 0 Å². The molecule has 11 heteroatoms. The van der Waals surface area contributed by atoms with Gasteiger partial charge < -0.3 is 14.1 Å². The molecule has 1 unspecified atom stereocenters. The van der Waals surface area contributed by atoms with Crippen LogP contribution < -0.4 is 15.0 Å². The zero-order valence-corrected chi connectivity index (χ0v) is 15.8. The molecule has 1 aliphatic heterocycles. The van der Waals surface area contributed by atoms with Crippen molar-refractivity contribution in [1.82, 2.24) is 10.2 Å². The summed E-state index contributed by atoms with van der Waals surface area (Å²) in [7, 11) is 0. The summed E-state index contributed by atoms with van der Waals surface area (Å²) in [5.41, 5.74) is 0.835. The third-order valence-corrected chi connectivity index (χ3v) is 4.55. The van der Waals surface area contributed by atoms with E-state index in [1.807, 2.05) is 0 Å². The van der Waals surface area contributed by atoms with Gasteiger partial charge in [0.25, 0.3) is 5.91 Å². The second-order valence-electron chi connectivity index (χ2n) is 6.71. The number of ether oxygens (including phenoxy) is 1. The van der Waals surface area contributed by atoms with Crippen LogP contribution in [-0.4, -0.2) is 34.9 Å². The molecule has 1 atom stereocenters. The number of aromatic nitrogens is 2. The zero-order chi connectivity index (χ0) is 22.0. The number of hydrogen-bond donors (Lipinski definition) is 1. The minimum Gasteiger partial charge on any atom is -0.407 e. The Morgan fingerprint density at radius 3 is 2.48 bits per heavy atom. The average molecular weight is 432 g/mol. The molecule has 1 aliphatic rings. The van der Waals surface area contributed by atoms with Gasteiger partial charge in [-0.3, -0.25) is 14.9 Å². The predicted molar refractivity (Wildman–Crippen MR) is 102 cm³/mol. The summed E-state index contributed by atoms with van der Waals surface area (Å²) in [6.07, 6.45) is -4.71. The molecular formula is C20H15F3N4O4. The maximum absolute atomic E-state index is 12.4. The first-order chi connectivity index (χ1) is 14.8. The summed E-state index contributed by atoms with van der Waals surface area (Å²) in [5.74, 6) is -1.29. The largest absolute Gasteiger partial charge is 0.573 e. The zero-order valence-electron chi connectivity index (χ0n) is 15.8. The molecule has 4 rings (SSSR count). The molecule has 8 nitrogen and oxygen atoms in total. The van der Waals surface area contributed by atoms with Gasteiger partial charge in [0, 0.05) is 24.2 Å². The van der Waals surface area contributed by atoms with Crippen LogP contribution in [0.3, 0.4) is 0 Å². The Kier molecular flexibility index (Phi) is 5.32. The number of rotatable bonds is 5. The first-order valence-electron chi connectivity index (χ1n) is 9.14. The van der Waals surface area contributed by atoms with Crippen molar-refractivity contribution in [2.75, 3.05) is 16.8 Å². The number of hydrogen-bond acceptors (Lipinski definition) is 6. The van der Waals surface area contributed by atoms with Crippen LogP contribution in [0.5, 0.6) is 5.75 Å². The lowest BCUT2D eigenvalue weighted by atomic mass is 10.1. The van der Waals surface area contributed by atoms with Crippen molar-refractivity contribution in [2.45, 2.75) is 18.7 Å². The van der Waals surface area contributed by atoms with E-state index in [1.165, 1.54) is 17.0 Å². The second-order valence-corrected chi connectivity index (χ2v) is 6.71. The predicted octanol–water partition coefficient (Wildman–Crippen LogP) is 3.74. The first-order valence-corrected chi connectivity index (χ1v) is 9.14. The number of alkyl halides is 3. The van der Waals surface area contributed by atoms with Crippen molar-refractivity contribution in [3.05, 3.63) is 66.1 Å². The van der Waals surface area contributed by atoms with Gasteiger partial charge in [0.1, 0.15) is 5.75 Å². The van der Waals surface area contributed by atoms with E-state index in [1.54, 1.807) is 30.3 Å². The van der Waals surface area contributed by atoms with Gasteiger partial charge in [-0.2, -0.15) is 0 Å². The molecule has 2 aromatic carbocycles. The lowest BCUT2D eigenvalue weighted by Gasteiger charge is -2.17. The minimum absolute atomic E-state index is 0.0784. The molecule has 0 aliphatic carbocycles. The fourth-order valence-electron chi connectivity index (χ4n) is 3.16. The summed E-state index contributed by atoms with van der Waals surface area (Å²) < 4.78 is 46.2. The molecule has 1 fully saturated rings. The normalized spacial score (nSPS) is 16.4. The van der Waals surface area contributed by atoms with E-state index in [4.69, 9.17) is 4.42 Å². The topological polar surface area (TPSA) is 97.6 Å². The van der Waals surface area contributed by atoms with Crippen LogP contribution >= 0.6 is 0 Å². The molecule has 0 radical (unpaired) electrons. The van der Waals surface area contributed by atoms with Crippen LogP contribution in [0.4, 0.5) is 24.9 Å². The average Bonchev–Trinajstić information content (AvgIpc) is 3.35. The third kappa shape index (κ3) is 4.82. The Hall–Kier alpha value is -3.89. The number of amides is 2. The van der Waals surface area contributed by atoms with Crippen molar-refractivity contribution >= 4 is 23.5 Å². The number of halogens is 3. The fourth-order valence-corrected chi connectivity index (χ4v) is 3.16. The number of anilines is 2. The number of carbonyl (C=O) groups excluding carboxylic acids is 2. The van der Waals surface area contributed by atoms with E-state index in [2.05, 4.69) is 20.3 Å². The van der Waals surface area contributed by atoms with Gasteiger partial charge in [0.05, 0.1) is 5.92 Å². The van der Waals surface area contributed by atoms with Gasteiger partial charge >= 0.3 is 12.4 Å². The molecule has 0 spiro atoms. The summed E-state index contributed by atoms with van der Waals surface area (Å²) in [4.78, 5) is 26.0. The van der Waals surface area contributed by atoms with Crippen LogP contribution in [0.15, 0.2) is 59.0 Å². The van der Waals surface area contributed by atoms with Crippen LogP contribution in [-0.2, 0) is 4.79 Å². The maximum atomic E-state index is 12.4. The van der Waals surface area contributed by atoms with Crippen molar-refractivity contribution in [2.24, 2.45) is 0 Å². The smallest absolute Gasteiger partial charge is 0.407 e. The van der Waals surface area contributed by atoms with Crippen molar-refractivity contribution < 1.29 is 31.9 Å². The number of nitrogens with one attached hydrogen (secondary N) is 1. The van der Waals surface area contributed by atoms with E-state index in [0.29, 0.717) is 11.3 Å². The SMILES string of the molecule is O=C(Nc1nnc(C2CC(=O)N(c3ccc(OC(F)(F)F)cc3)C2)o1)c1ccccc1. The van der Waals surface area contributed by atoms with Gasteiger partial charge in [0.2, 0.25) is 11.8 Å². The molecule has 160 valence electrons. The number of nitrogens with zero attached hydrogens (tertiary/aromatic N) is 3. The highest BCUT2D eigenvalue weighted by atomic mass is 19.4. The quantitative estimate of drug-likeness (QED) is 0.660. The summed E-state index contributed by atoms with van der Waals surface area (Å²) in [6.45, 7) is 0.201. The van der Waals surface area contributed by atoms with Crippen LogP contribution in [0.25, 0.3) is 0 Å². The molecule has 0 saturated carbocycles. The molecule has 2 amide bonds. The molecule has 1 aromatic heterocycles. The molecule has 1 saturated heterocycles. The van der Waals surface area contributed by atoms with Gasteiger partial charge in [-0.15, -0.1) is 18.3 Å². The number of benzene rings is 2. The van der Waals surface area contributed by atoms with E-state index >= 15 is 0 Å². The van der Waals surface area contributed by atoms with Crippen LogP contribution in [0.2, 0.25) is 0 Å². The lowest BCUT2D eigenvalue weighted by Crippen LogP contribution is -2.24. The highest BCUT2D eigenvalue weighted by Gasteiger charge is 2.35. The molecule has 0 bridgehead atoms. The van der Waals surface area contributed by atoms with E-state index in [9.17, 15) is 22.8 Å². The van der Waals surface area contributed by atoms with E-state index < -0.39 is 18.2 Å². The summed E-state index contributed by atoms with van der Waals surface area (Å²) in [5, 5.41) is 10.2. The summed E-state index contributed by atoms with van der Waals surface area (Å²) in [6, 6.07) is 13.4. The molecular weight excluding hydrogens is 417 g/mol. The second kappa shape index (κ2) is 8.09. The van der Waals surface area contributed by atoms with Crippen molar-refractivity contribution in [3.8, 4) is 5.75 Å². The lowest BCUT2D eigenvalue weighted by molar-refractivity contribution is -0.274. The van der Waals surface area contributed by atoms with Gasteiger partial charge in [0.15, 0.2) is 0 Å². The molecule has 2 heterocycles. The third-order valence-electron chi connectivity index (χ3n) is 4.55. The molecule has 1 N–H and O–H groups in total. The van der Waals surface area contributed by atoms with Gasteiger partial charge in [-0.05, 0) is 36.4 Å². The Bertz CT molecular complexity index is 1080. The van der Waals surface area contributed by atoms with Crippen molar-refractivity contribution in [1.29, 1.82) is 0 Å². The van der Waals surface area contributed by atoms with Gasteiger partial charge in [-0.25, -0.2) is 0 Å². The first kappa shape index (κ1) is 20.4. The standard InChI is InChI=1S/C20H15F3N4O4/c21-20(22,23)31-15-8-6-14(7-9-15)27-11-13(10-16(27)28)18-25-26-19(30-18)24-17(29)12-4-2-1-3-5-12/h1-9,13H,10-11H2,(H,24,26,29). The van der Waals surface area contributed by atoms with Crippen LogP contribution in [0.1, 0.15) is 28.6 Å². The monoisotopic (exact) mass is 432 g/mol. The van der Waals surface area contributed by atoms with E-state index in [0.717, 1.165) is 12.1 Å². The highest BCUT2D eigenvalue weighted by molar-refractivity contribution is 6.03. The Balaban J connectivity index is 1.41. The number of carbonyl (C=O) groups is 2. The van der Waals surface area contributed by atoms with Crippen LogP contribution in [0, 0.1) is 0 Å². The highest BCUT2D eigenvalue weighted by Crippen LogP contribution is 2.33.